The highest BCUT2D eigenvalue weighted by atomic mass is 16.1. The van der Waals surface area contributed by atoms with Gasteiger partial charge in [-0.25, -0.2) is 4.68 Å². The molecule has 1 aromatic carbocycles. The van der Waals surface area contributed by atoms with Crippen LogP contribution in [-0.2, 0) is 6.54 Å². The normalized spacial score (nSPS) is 15.8. The third-order valence-corrected chi connectivity index (χ3v) is 5.25. The van der Waals surface area contributed by atoms with E-state index in [2.05, 4.69) is 27.6 Å². The monoisotopic (exact) mass is 343 g/mol. The average Bonchev–Trinajstić information content (AvgIpc) is 3.07. The van der Waals surface area contributed by atoms with E-state index in [1.807, 2.05) is 29.8 Å². The molecule has 1 N–H and O–H groups in total. The maximum Gasteiger partial charge on any atom is 0.251 e. The second-order valence-corrected chi connectivity index (χ2v) is 6.99. The molecule has 2 aromatic rings. The van der Waals surface area contributed by atoms with Gasteiger partial charge in [-0.05, 0) is 58.0 Å². The molecule has 25 heavy (non-hydrogen) atoms. The van der Waals surface area contributed by atoms with Crippen molar-refractivity contribution in [1.29, 1.82) is 0 Å². The van der Waals surface area contributed by atoms with Crippen LogP contribution in [-0.4, -0.2) is 52.0 Å². The minimum Gasteiger partial charge on any atom is -0.352 e. The van der Waals surface area contributed by atoms with Crippen LogP contribution in [0.25, 0.3) is 11.0 Å². The topological polar surface area (TPSA) is 63.1 Å². The molecule has 0 bridgehead atoms. The summed E-state index contributed by atoms with van der Waals surface area (Å²) < 4.78 is 1.83. The van der Waals surface area contributed by atoms with Crippen molar-refractivity contribution in [3.05, 3.63) is 23.8 Å². The SMILES string of the molecule is CCn1nnc2cc(C(=O)NCCCN(C)C3CCCCC3)ccc21. The van der Waals surface area contributed by atoms with Gasteiger partial charge in [0.1, 0.15) is 5.52 Å². The lowest BCUT2D eigenvalue weighted by atomic mass is 9.94. The van der Waals surface area contributed by atoms with Crippen molar-refractivity contribution in [3.63, 3.8) is 0 Å². The highest BCUT2D eigenvalue weighted by Gasteiger charge is 2.17. The van der Waals surface area contributed by atoms with Gasteiger partial charge in [-0.1, -0.05) is 24.5 Å². The number of nitrogens with one attached hydrogen (secondary N) is 1. The summed E-state index contributed by atoms with van der Waals surface area (Å²) >= 11 is 0. The molecule has 0 unspecified atom stereocenters. The molecule has 1 heterocycles. The molecule has 1 fully saturated rings. The first-order valence-corrected chi connectivity index (χ1v) is 9.50. The van der Waals surface area contributed by atoms with Gasteiger partial charge in [0, 0.05) is 24.7 Å². The zero-order valence-electron chi connectivity index (χ0n) is 15.4. The van der Waals surface area contributed by atoms with Crippen LogP contribution in [0.15, 0.2) is 18.2 Å². The summed E-state index contributed by atoms with van der Waals surface area (Å²) in [6.45, 7) is 4.54. The van der Waals surface area contributed by atoms with Crippen molar-refractivity contribution < 1.29 is 4.79 Å². The molecule has 1 amide bonds. The van der Waals surface area contributed by atoms with Crippen LogP contribution in [0.2, 0.25) is 0 Å². The Balaban J connectivity index is 1.46. The maximum atomic E-state index is 12.3. The van der Waals surface area contributed by atoms with Gasteiger partial charge in [0.15, 0.2) is 0 Å². The van der Waals surface area contributed by atoms with Gasteiger partial charge in [-0.3, -0.25) is 4.79 Å². The van der Waals surface area contributed by atoms with Crippen LogP contribution in [0.5, 0.6) is 0 Å². The first kappa shape index (κ1) is 17.9. The summed E-state index contributed by atoms with van der Waals surface area (Å²) in [5.74, 6) is -0.0340. The number of rotatable bonds is 7. The van der Waals surface area contributed by atoms with E-state index in [-0.39, 0.29) is 5.91 Å². The smallest absolute Gasteiger partial charge is 0.251 e. The summed E-state index contributed by atoms with van der Waals surface area (Å²) in [6, 6.07) is 6.32. The summed E-state index contributed by atoms with van der Waals surface area (Å²) in [5, 5.41) is 11.2. The molecular formula is C19H29N5O. The second kappa shape index (κ2) is 8.43. The summed E-state index contributed by atoms with van der Waals surface area (Å²) in [4.78, 5) is 14.8. The summed E-state index contributed by atoms with van der Waals surface area (Å²) in [6.07, 6.45) is 7.72. The Bertz CT molecular complexity index is 705. The van der Waals surface area contributed by atoms with Gasteiger partial charge in [0.05, 0.1) is 5.52 Å². The molecule has 1 aliphatic rings. The van der Waals surface area contributed by atoms with Gasteiger partial charge >= 0.3 is 0 Å². The van der Waals surface area contributed by atoms with Crippen LogP contribution in [0.1, 0.15) is 55.8 Å². The molecule has 0 radical (unpaired) electrons. The minimum absolute atomic E-state index is 0.0340. The molecule has 0 saturated heterocycles. The van der Waals surface area contributed by atoms with Crippen molar-refractivity contribution in [1.82, 2.24) is 25.2 Å². The lowest BCUT2D eigenvalue weighted by Gasteiger charge is -2.31. The van der Waals surface area contributed by atoms with Gasteiger partial charge in [0.25, 0.3) is 5.91 Å². The quantitative estimate of drug-likeness (QED) is 0.785. The van der Waals surface area contributed by atoms with E-state index in [0.29, 0.717) is 12.1 Å². The average molecular weight is 343 g/mol. The number of benzene rings is 1. The molecule has 6 heteroatoms. The fourth-order valence-corrected chi connectivity index (χ4v) is 3.68. The van der Waals surface area contributed by atoms with Crippen LogP contribution in [0, 0.1) is 0 Å². The van der Waals surface area contributed by atoms with Gasteiger partial charge in [-0.2, -0.15) is 0 Å². The Hall–Kier alpha value is -1.95. The number of amides is 1. The molecular weight excluding hydrogens is 314 g/mol. The number of hydrogen-bond acceptors (Lipinski definition) is 4. The summed E-state index contributed by atoms with van der Waals surface area (Å²) in [7, 11) is 2.21. The molecule has 1 aromatic heterocycles. The standard InChI is InChI=1S/C19H29N5O/c1-3-24-18-11-10-15(14-17(18)21-22-24)19(25)20-12-7-13-23(2)16-8-5-4-6-9-16/h10-11,14,16H,3-9,12-13H2,1-2H3,(H,20,25). The van der Waals surface area contributed by atoms with Crippen LogP contribution in [0.3, 0.4) is 0 Å². The molecule has 1 saturated carbocycles. The Morgan fingerprint density at radius 1 is 1.32 bits per heavy atom. The van der Waals surface area contributed by atoms with Crippen LogP contribution < -0.4 is 5.32 Å². The zero-order valence-corrected chi connectivity index (χ0v) is 15.4. The van der Waals surface area contributed by atoms with E-state index in [9.17, 15) is 4.79 Å². The Kier molecular flexibility index (Phi) is 6.02. The number of carbonyl (C=O) groups excluding carboxylic acids is 1. The predicted octanol–water partition coefficient (Wildman–Crippen LogP) is 2.84. The van der Waals surface area contributed by atoms with E-state index in [1.165, 1.54) is 32.1 Å². The highest BCUT2D eigenvalue weighted by Crippen LogP contribution is 2.21. The van der Waals surface area contributed by atoms with Crippen LogP contribution >= 0.6 is 0 Å². The first-order valence-electron chi connectivity index (χ1n) is 9.50. The number of fused-ring (bicyclic) bond motifs is 1. The van der Waals surface area contributed by atoms with E-state index in [4.69, 9.17) is 0 Å². The Morgan fingerprint density at radius 2 is 2.12 bits per heavy atom. The van der Waals surface area contributed by atoms with E-state index in [1.54, 1.807) is 0 Å². The van der Waals surface area contributed by atoms with Gasteiger partial charge in [-0.15, -0.1) is 5.10 Å². The molecule has 0 atom stereocenters. The molecule has 136 valence electrons. The van der Waals surface area contributed by atoms with Crippen molar-refractivity contribution >= 4 is 16.9 Å². The fraction of sp³-hybridized carbons (Fsp3) is 0.632. The fourth-order valence-electron chi connectivity index (χ4n) is 3.68. The van der Waals surface area contributed by atoms with E-state index >= 15 is 0 Å². The van der Waals surface area contributed by atoms with Crippen molar-refractivity contribution in [2.45, 2.75) is 58.0 Å². The minimum atomic E-state index is -0.0340. The van der Waals surface area contributed by atoms with Crippen molar-refractivity contribution in [2.75, 3.05) is 20.1 Å². The third kappa shape index (κ3) is 4.37. The number of aryl methyl sites for hydroxylation is 1. The molecule has 0 spiro atoms. The first-order chi connectivity index (χ1) is 12.2. The van der Waals surface area contributed by atoms with Gasteiger partial charge < -0.3 is 10.2 Å². The number of carbonyl (C=O) groups is 1. The molecule has 3 rings (SSSR count). The predicted molar refractivity (Wildman–Crippen MR) is 99.7 cm³/mol. The second-order valence-electron chi connectivity index (χ2n) is 6.99. The highest BCUT2D eigenvalue weighted by molar-refractivity contribution is 5.97. The molecule has 0 aliphatic heterocycles. The maximum absolute atomic E-state index is 12.3. The Labute approximate surface area is 149 Å². The van der Waals surface area contributed by atoms with Gasteiger partial charge in [0.2, 0.25) is 0 Å². The zero-order chi connectivity index (χ0) is 17.6. The molecule has 1 aliphatic carbocycles. The lowest BCUT2D eigenvalue weighted by Crippen LogP contribution is -2.35. The number of nitrogens with zero attached hydrogens (tertiary/aromatic N) is 4. The number of hydrogen-bond donors (Lipinski definition) is 1. The lowest BCUT2D eigenvalue weighted by molar-refractivity contribution is 0.0950. The summed E-state index contributed by atoms with van der Waals surface area (Å²) in [5.41, 5.74) is 2.39. The third-order valence-electron chi connectivity index (χ3n) is 5.25. The number of aromatic nitrogens is 3. The van der Waals surface area contributed by atoms with E-state index < -0.39 is 0 Å². The van der Waals surface area contributed by atoms with E-state index in [0.717, 1.165) is 36.6 Å². The van der Waals surface area contributed by atoms with Crippen molar-refractivity contribution in [2.24, 2.45) is 0 Å². The van der Waals surface area contributed by atoms with Crippen molar-refractivity contribution in [3.8, 4) is 0 Å². The molecule has 6 nitrogen and oxygen atoms in total. The van der Waals surface area contributed by atoms with Crippen LogP contribution in [0.4, 0.5) is 0 Å². The largest absolute Gasteiger partial charge is 0.352 e. The Morgan fingerprint density at radius 3 is 2.88 bits per heavy atom.